The Kier molecular flexibility index (Phi) is 3.62. The molecule has 0 bridgehead atoms. The van der Waals surface area contributed by atoms with E-state index in [2.05, 4.69) is 10.4 Å². The standard InChI is InChI=1S/C12H15N3O2/c16-8-7-15-6-5-12(14-15)13-9-10-3-1-2-4-11(10)17/h1-6,16-17H,7-9H2,(H,13,14). The molecular formula is C12H15N3O2. The normalized spacial score (nSPS) is 10.4. The quantitative estimate of drug-likeness (QED) is 0.725. The highest BCUT2D eigenvalue weighted by Gasteiger charge is 2.01. The highest BCUT2D eigenvalue weighted by atomic mass is 16.3. The fraction of sp³-hybridized carbons (Fsp3) is 0.250. The number of benzene rings is 1. The van der Waals surface area contributed by atoms with Gasteiger partial charge in [-0.15, -0.1) is 0 Å². The second kappa shape index (κ2) is 5.36. The van der Waals surface area contributed by atoms with Crippen LogP contribution in [0.2, 0.25) is 0 Å². The molecule has 2 aromatic rings. The van der Waals surface area contributed by atoms with E-state index in [1.807, 2.05) is 18.2 Å². The molecule has 0 aliphatic carbocycles. The van der Waals surface area contributed by atoms with E-state index < -0.39 is 0 Å². The minimum absolute atomic E-state index is 0.0700. The van der Waals surface area contributed by atoms with Gasteiger partial charge >= 0.3 is 0 Å². The summed E-state index contributed by atoms with van der Waals surface area (Å²) in [6, 6.07) is 9.00. The van der Waals surface area contributed by atoms with Gasteiger partial charge in [0.2, 0.25) is 0 Å². The predicted octanol–water partition coefficient (Wildman–Crippen LogP) is 1.19. The van der Waals surface area contributed by atoms with Crippen molar-refractivity contribution in [3.05, 3.63) is 42.1 Å². The van der Waals surface area contributed by atoms with Gasteiger partial charge < -0.3 is 15.5 Å². The highest BCUT2D eigenvalue weighted by molar-refractivity contribution is 5.38. The van der Waals surface area contributed by atoms with Crippen LogP contribution in [-0.4, -0.2) is 26.6 Å². The van der Waals surface area contributed by atoms with E-state index in [1.165, 1.54) is 0 Å². The first-order chi connectivity index (χ1) is 8.29. The minimum atomic E-state index is 0.0700. The molecule has 5 nitrogen and oxygen atoms in total. The number of hydrogen-bond acceptors (Lipinski definition) is 4. The number of phenols is 1. The van der Waals surface area contributed by atoms with Gasteiger partial charge in [0, 0.05) is 24.4 Å². The number of aromatic nitrogens is 2. The maximum Gasteiger partial charge on any atom is 0.148 e. The van der Waals surface area contributed by atoms with Crippen LogP contribution >= 0.6 is 0 Å². The Morgan fingerprint density at radius 3 is 2.82 bits per heavy atom. The van der Waals surface area contributed by atoms with Crippen LogP contribution in [0.5, 0.6) is 5.75 Å². The van der Waals surface area contributed by atoms with E-state index in [0.717, 1.165) is 11.4 Å². The molecule has 0 fully saturated rings. The molecule has 2 rings (SSSR count). The van der Waals surface area contributed by atoms with E-state index in [9.17, 15) is 5.11 Å². The van der Waals surface area contributed by atoms with Crippen molar-refractivity contribution < 1.29 is 10.2 Å². The van der Waals surface area contributed by atoms with Crippen molar-refractivity contribution in [3.8, 4) is 5.75 Å². The second-order valence-corrected chi connectivity index (χ2v) is 3.67. The van der Waals surface area contributed by atoms with Crippen LogP contribution < -0.4 is 5.32 Å². The predicted molar refractivity (Wildman–Crippen MR) is 64.7 cm³/mol. The van der Waals surface area contributed by atoms with Gasteiger partial charge in [-0.1, -0.05) is 18.2 Å². The first-order valence-electron chi connectivity index (χ1n) is 5.44. The average Bonchev–Trinajstić information content (AvgIpc) is 2.76. The lowest BCUT2D eigenvalue weighted by Gasteiger charge is -2.05. The van der Waals surface area contributed by atoms with Gasteiger partial charge in [0.25, 0.3) is 0 Å². The van der Waals surface area contributed by atoms with Crippen molar-refractivity contribution in [1.29, 1.82) is 0 Å². The number of nitrogens with one attached hydrogen (secondary N) is 1. The van der Waals surface area contributed by atoms with Crippen LogP contribution in [0.3, 0.4) is 0 Å². The summed E-state index contributed by atoms with van der Waals surface area (Å²) in [6.45, 7) is 1.07. The van der Waals surface area contributed by atoms with Crippen molar-refractivity contribution in [2.45, 2.75) is 13.1 Å². The molecule has 0 spiro atoms. The molecule has 0 saturated carbocycles. The SMILES string of the molecule is OCCn1ccc(NCc2ccccc2O)n1. The molecule has 0 saturated heterocycles. The molecule has 0 aliphatic heterocycles. The molecule has 1 heterocycles. The molecular weight excluding hydrogens is 218 g/mol. The molecule has 1 aromatic heterocycles. The largest absolute Gasteiger partial charge is 0.508 e. The number of phenolic OH excluding ortho intramolecular Hbond substituents is 1. The molecule has 90 valence electrons. The molecule has 0 aliphatic rings. The summed E-state index contributed by atoms with van der Waals surface area (Å²) >= 11 is 0. The third kappa shape index (κ3) is 2.98. The molecule has 0 amide bonds. The smallest absolute Gasteiger partial charge is 0.148 e. The number of para-hydroxylation sites is 1. The van der Waals surface area contributed by atoms with Gasteiger partial charge in [-0.25, -0.2) is 0 Å². The average molecular weight is 233 g/mol. The van der Waals surface area contributed by atoms with Crippen molar-refractivity contribution in [1.82, 2.24) is 9.78 Å². The summed E-state index contributed by atoms with van der Waals surface area (Å²) < 4.78 is 1.66. The van der Waals surface area contributed by atoms with E-state index in [0.29, 0.717) is 13.1 Å². The van der Waals surface area contributed by atoms with E-state index in [4.69, 9.17) is 5.11 Å². The van der Waals surface area contributed by atoms with E-state index in [-0.39, 0.29) is 12.4 Å². The molecule has 17 heavy (non-hydrogen) atoms. The van der Waals surface area contributed by atoms with Crippen molar-refractivity contribution in [2.24, 2.45) is 0 Å². The number of aromatic hydroxyl groups is 1. The highest BCUT2D eigenvalue weighted by Crippen LogP contribution is 2.16. The summed E-state index contributed by atoms with van der Waals surface area (Å²) in [5, 5.41) is 25.7. The number of aliphatic hydroxyl groups is 1. The Morgan fingerprint density at radius 1 is 1.24 bits per heavy atom. The van der Waals surface area contributed by atoms with Gasteiger partial charge in [0.1, 0.15) is 11.6 Å². The van der Waals surface area contributed by atoms with Crippen LogP contribution in [-0.2, 0) is 13.1 Å². The summed E-state index contributed by atoms with van der Waals surface area (Å²) in [7, 11) is 0. The maximum atomic E-state index is 9.58. The number of nitrogens with zero attached hydrogens (tertiary/aromatic N) is 2. The Morgan fingerprint density at radius 2 is 2.06 bits per heavy atom. The lowest BCUT2D eigenvalue weighted by molar-refractivity contribution is 0.269. The Labute approximate surface area is 99.3 Å². The van der Waals surface area contributed by atoms with Crippen LogP contribution in [0.25, 0.3) is 0 Å². The lowest BCUT2D eigenvalue weighted by atomic mass is 10.2. The van der Waals surface area contributed by atoms with E-state index >= 15 is 0 Å². The summed E-state index contributed by atoms with van der Waals surface area (Å²) in [4.78, 5) is 0. The molecule has 1 aromatic carbocycles. The van der Waals surface area contributed by atoms with Gasteiger partial charge in [-0.3, -0.25) is 4.68 Å². The summed E-state index contributed by atoms with van der Waals surface area (Å²) in [6.07, 6.45) is 1.80. The fourth-order valence-corrected chi connectivity index (χ4v) is 1.53. The van der Waals surface area contributed by atoms with Crippen molar-refractivity contribution in [3.63, 3.8) is 0 Å². The zero-order chi connectivity index (χ0) is 12.1. The summed E-state index contributed by atoms with van der Waals surface area (Å²) in [5.74, 6) is 0.997. The van der Waals surface area contributed by atoms with Gasteiger partial charge in [-0.05, 0) is 6.07 Å². The van der Waals surface area contributed by atoms with Crippen molar-refractivity contribution >= 4 is 5.82 Å². The monoisotopic (exact) mass is 233 g/mol. The molecule has 3 N–H and O–H groups in total. The molecule has 0 unspecified atom stereocenters. The van der Waals surface area contributed by atoms with Gasteiger partial charge in [-0.2, -0.15) is 5.10 Å². The third-order valence-corrected chi connectivity index (χ3v) is 2.42. The van der Waals surface area contributed by atoms with Crippen LogP contribution in [0.4, 0.5) is 5.82 Å². The van der Waals surface area contributed by atoms with E-state index in [1.54, 1.807) is 23.0 Å². The molecule has 0 atom stereocenters. The van der Waals surface area contributed by atoms with Crippen molar-refractivity contribution in [2.75, 3.05) is 11.9 Å². The Balaban J connectivity index is 1.95. The number of rotatable bonds is 5. The molecule has 0 radical (unpaired) electrons. The first-order valence-corrected chi connectivity index (χ1v) is 5.44. The topological polar surface area (TPSA) is 70.3 Å². The first kappa shape index (κ1) is 11.5. The number of aliphatic hydroxyl groups excluding tert-OH is 1. The van der Waals surface area contributed by atoms with Crippen LogP contribution in [0.1, 0.15) is 5.56 Å². The zero-order valence-electron chi connectivity index (χ0n) is 9.37. The number of anilines is 1. The molecule has 5 heteroatoms. The fourth-order valence-electron chi connectivity index (χ4n) is 1.53. The Bertz CT molecular complexity index is 482. The maximum absolute atomic E-state index is 9.58. The summed E-state index contributed by atoms with van der Waals surface area (Å²) in [5.41, 5.74) is 0.823. The number of hydrogen-bond donors (Lipinski definition) is 3. The second-order valence-electron chi connectivity index (χ2n) is 3.67. The van der Waals surface area contributed by atoms with Crippen LogP contribution in [0, 0.1) is 0 Å². The third-order valence-electron chi connectivity index (χ3n) is 2.42. The Hall–Kier alpha value is -2.01. The van der Waals surface area contributed by atoms with Crippen LogP contribution in [0.15, 0.2) is 36.5 Å². The zero-order valence-corrected chi connectivity index (χ0v) is 9.37. The van der Waals surface area contributed by atoms with Gasteiger partial charge in [0.05, 0.1) is 13.2 Å². The van der Waals surface area contributed by atoms with Gasteiger partial charge in [0.15, 0.2) is 0 Å². The minimum Gasteiger partial charge on any atom is -0.508 e. The lowest BCUT2D eigenvalue weighted by Crippen LogP contribution is -2.04.